The van der Waals surface area contributed by atoms with Gasteiger partial charge < -0.3 is 5.11 Å². The molecule has 1 fully saturated rings. The molecule has 2 nitrogen and oxygen atoms in total. The summed E-state index contributed by atoms with van der Waals surface area (Å²) in [6.45, 7) is 0.0337. The van der Waals surface area contributed by atoms with Crippen molar-refractivity contribution in [1.82, 2.24) is 4.98 Å². The predicted octanol–water partition coefficient (Wildman–Crippen LogP) is 1.34. The fraction of sp³-hybridized carbons (Fsp3) is 0.364. The zero-order valence-corrected chi connectivity index (χ0v) is 7.33. The van der Waals surface area contributed by atoms with Crippen molar-refractivity contribution in [3.05, 3.63) is 29.6 Å². The molecule has 0 amide bonds. The highest BCUT2D eigenvalue weighted by molar-refractivity contribution is 5.35. The largest absolute Gasteiger partial charge is 0.392 e. The number of rotatable bonds is 1. The molecule has 1 aromatic heterocycles. The van der Waals surface area contributed by atoms with Crippen LogP contribution < -0.4 is 0 Å². The van der Waals surface area contributed by atoms with Crippen molar-refractivity contribution in [2.45, 2.75) is 19.4 Å². The van der Waals surface area contributed by atoms with Gasteiger partial charge in [-0.2, -0.15) is 0 Å². The number of hydrogen-bond acceptors (Lipinski definition) is 2. The van der Waals surface area contributed by atoms with Crippen LogP contribution in [-0.4, -0.2) is 10.1 Å². The van der Waals surface area contributed by atoms with Crippen molar-refractivity contribution in [1.29, 1.82) is 0 Å². The third-order valence-electron chi connectivity index (χ3n) is 1.98. The molecule has 0 radical (unpaired) electrons. The zero-order valence-electron chi connectivity index (χ0n) is 7.33. The van der Waals surface area contributed by atoms with E-state index in [9.17, 15) is 0 Å². The third kappa shape index (κ3) is 2.30. The Kier molecular flexibility index (Phi) is 2.29. The van der Waals surface area contributed by atoms with Gasteiger partial charge in [0.25, 0.3) is 0 Å². The van der Waals surface area contributed by atoms with Gasteiger partial charge in [-0.05, 0) is 24.5 Å². The Morgan fingerprint density at radius 1 is 1.46 bits per heavy atom. The molecule has 1 aliphatic rings. The number of aliphatic hydroxyl groups is 1. The fourth-order valence-corrected chi connectivity index (χ4v) is 1.06. The van der Waals surface area contributed by atoms with E-state index in [1.807, 2.05) is 6.07 Å². The molecule has 13 heavy (non-hydrogen) atoms. The van der Waals surface area contributed by atoms with E-state index < -0.39 is 0 Å². The minimum absolute atomic E-state index is 0.0337. The van der Waals surface area contributed by atoms with E-state index in [2.05, 4.69) is 16.8 Å². The summed E-state index contributed by atoms with van der Waals surface area (Å²) in [6, 6.07) is 1.88. The number of hydrogen-bond donors (Lipinski definition) is 1. The maximum absolute atomic E-state index is 8.86. The van der Waals surface area contributed by atoms with Crippen LogP contribution in [0.2, 0.25) is 0 Å². The Morgan fingerprint density at radius 2 is 2.31 bits per heavy atom. The Hall–Kier alpha value is -1.33. The molecule has 1 heterocycles. The van der Waals surface area contributed by atoms with E-state index in [-0.39, 0.29) is 6.61 Å². The Morgan fingerprint density at radius 3 is 3.00 bits per heavy atom. The number of nitrogens with zero attached hydrogens (tertiary/aromatic N) is 1. The highest BCUT2D eigenvalue weighted by Gasteiger charge is 2.17. The molecule has 0 aliphatic heterocycles. The lowest BCUT2D eigenvalue weighted by molar-refractivity contribution is 0.281. The SMILES string of the molecule is OCc1cncc(C#CC2CC2)c1. The minimum atomic E-state index is 0.0337. The number of aromatic nitrogens is 1. The van der Waals surface area contributed by atoms with E-state index in [0.717, 1.165) is 11.1 Å². The van der Waals surface area contributed by atoms with Gasteiger partial charge in [-0.3, -0.25) is 4.98 Å². The summed E-state index contributed by atoms with van der Waals surface area (Å²) in [7, 11) is 0. The molecule has 2 rings (SSSR count). The van der Waals surface area contributed by atoms with E-state index in [1.165, 1.54) is 12.8 Å². The first-order chi connectivity index (χ1) is 6.38. The number of aliphatic hydroxyl groups excluding tert-OH is 1. The van der Waals surface area contributed by atoms with Crippen molar-refractivity contribution >= 4 is 0 Å². The standard InChI is InChI=1S/C11H11NO/c13-8-11-5-10(6-12-7-11)4-3-9-1-2-9/h5-7,9,13H,1-2,8H2. The lowest BCUT2D eigenvalue weighted by Crippen LogP contribution is -1.86. The molecule has 0 bridgehead atoms. The average Bonchev–Trinajstić information content (AvgIpc) is 2.99. The quantitative estimate of drug-likeness (QED) is 0.650. The lowest BCUT2D eigenvalue weighted by Gasteiger charge is -1.94. The van der Waals surface area contributed by atoms with Gasteiger partial charge in [0.15, 0.2) is 0 Å². The summed E-state index contributed by atoms with van der Waals surface area (Å²) in [5, 5.41) is 8.86. The number of pyridine rings is 1. The molecule has 0 spiro atoms. The van der Waals surface area contributed by atoms with Gasteiger partial charge in [-0.25, -0.2) is 0 Å². The van der Waals surface area contributed by atoms with Crippen LogP contribution in [0.3, 0.4) is 0 Å². The van der Waals surface area contributed by atoms with Gasteiger partial charge in [0.1, 0.15) is 0 Å². The van der Waals surface area contributed by atoms with Crippen LogP contribution in [0.25, 0.3) is 0 Å². The van der Waals surface area contributed by atoms with Crippen LogP contribution in [0.1, 0.15) is 24.0 Å². The van der Waals surface area contributed by atoms with E-state index in [1.54, 1.807) is 12.4 Å². The zero-order chi connectivity index (χ0) is 9.10. The smallest absolute Gasteiger partial charge is 0.0697 e. The van der Waals surface area contributed by atoms with Gasteiger partial charge in [-0.1, -0.05) is 11.8 Å². The second-order valence-corrected chi connectivity index (χ2v) is 3.28. The van der Waals surface area contributed by atoms with Crippen LogP contribution in [-0.2, 0) is 6.61 Å². The lowest BCUT2D eigenvalue weighted by atomic mass is 10.2. The molecule has 1 aromatic rings. The first-order valence-corrected chi connectivity index (χ1v) is 4.45. The molecular formula is C11H11NO. The van der Waals surface area contributed by atoms with Gasteiger partial charge in [0.2, 0.25) is 0 Å². The summed E-state index contributed by atoms with van der Waals surface area (Å²) >= 11 is 0. The average molecular weight is 173 g/mol. The fourth-order valence-electron chi connectivity index (χ4n) is 1.06. The van der Waals surface area contributed by atoms with Crippen molar-refractivity contribution in [2.75, 3.05) is 0 Å². The Labute approximate surface area is 77.6 Å². The summed E-state index contributed by atoms with van der Waals surface area (Å²) < 4.78 is 0. The molecule has 66 valence electrons. The van der Waals surface area contributed by atoms with Crippen molar-refractivity contribution in [3.8, 4) is 11.8 Å². The summed E-state index contributed by atoms with van der Waals surface area (Å²) in [4.78, 5) is 3.99. The minimum Gasteiger partial charge on any atom is -0.392 e. The van der Waals surface area contributed by atoms with Crippen LogP contribution in [0, 0.1) is 17.8 Å². The van der Waals surface area contributed by atoms with Crippen molar-refractivity contribution < 1.29 is 5.11 Å². The third-order valence-corrected chi connectivity index (χ3v) is 1.98. The van der Waals surface area contributed by atoms with Crippen molar-refractivity contribution in [3.63, 3.8) is 0 Å². The van der Waals surface area contributed by atoms with E-state index in [0.29, 0.717) is 5.92 Å². The van der Waals surface area contributed by atoms with Gasteiger partial charge in [0.05, 0.1) is 6.61 Å². The summed E-state index contributed by atoms with van der Waals surface area (Å²) in [6.07, 6.45) is 5.86. The van der Waals surface area contributed by atoms with Crippen LogP contribution in [0.15, 0.2) is 18.5 Å². The highest BCUT2D eigenvalue weighted by atomic mass is 16.3. The topological polar surface area (TPSA) is 33.1 Å². The van der Waals surface area contributed by atoms with Gasteiger partial charge >= 0.3 is 0 Å². The van der Waals surface area contributed by atoms with Crippen LogP contribution >= 0.6 is 0 Å². The summed E-state index contributed by atoms with van der Waals surface area (Å²) in [5.74, 6) is 6.82. The van der Waals surface area contributed by atoms with Crippen LogP contribution in [0.4, 0.5) is 0 Å². The molecule has 1 saturated carbocycles. The Bertz CT molecular complexity index is 358. The molecule has 0 aromatic carbocycles. The molecule has 0 unspecified atom stereocenters. The second-order valence-electron chi connectivity index (χ2n) is 3.28. The summed E-state index contributed by atoms with van der Waals surface area (Å²) in [5.41, 5.74) is 1.72. The normalized spacial score (nSPS) is 14.8. The maximum Gasteiger partial charge on any atom is 0.0697 e. The second kappa shape index (κ2) is 3.59. The van der Waals surface area contributed by atoms with E-state index >= 15 is 0 Å². The van der Waals surface area contributed by atoms with Crippen molar-refractivity contribution in [2.24, 2.45) is 5.92 Å². The highest BCUT2D eigenvalue weighted by Crippen LogP contribution is 2.27. The maximum atomic E-state index is 8.86. The molecular weight excluding hydrogens is 162 g/mol. The van der Waals surface area contributed by atoms with Gasteiger partial charge in [-0.15, -0.1) is 0 Å². The molecule has 2 heteroatoms. The Balaban J connectivity index is 2.15. The monoisotopic (exact) mass is 173 g/mol. The molecule has 0 saturated heterocycles. The first kappa shape index (κ1) is 8.28. The predicted molar refractivity (Wildman–Crippen MR) is 49.8 cm³/mol. The van der Waals surface area contributed by atoms with Gasteiger partial charge in [0, 0.05) is 23.9 Å². The molecule has 1 N–H and O–H groups in total. The van der Waals surface area contributed by atoms with E-state index in [4.69, 9.17) is 5.11 Å². The molecule has 0 atom stereocenters. The van der Waals surface area contributed by atoms with Crippen LogP contribution in [0.5, 0.6) is 0 Å². The molecule has 1 aliphatic carbocycles. The first-order valence-electron chi connectivity index (χ1n) is 4.45.